The van der Waals surface area contributed by atoms with Gasteiger partial charge >= 0.3 is 0 Å². The summed E-state index contributed by atoms with van der Waals surface area (Å²) in [5.74, 6) is -0.252. The van der Waals surface area contributed by atoms with E-state index in [1.807, 2.05) is 6.08 Å². The van der Waals surface area contributed by atoms with Crippen molar-refractivity contribution in [2.24, 2.45) is 0 Å². The molecule has 0 aromatic heterocycles. The normalized spacial score (nSPS) is 23.7. The second kappa shape index (κ2) is 56.7. The molecule has 9 N–H and O–H groups in total. The van der Waals surface area contributed by atoms with Crippen molar-refractivity contribution in [3.05, 3.63) is 60.8 Å². The number of rotatable bonds is 58. The summed E-state index contributed by atoms with van der Waals surface area (Å²) in [6.45, 7) is 2.71. The number of nitrogens with one attached hydrogen (secondary N) is 1. The molecule has 2 fully saturated rings. The molecule has 0 aliphatic carbocycles. The number of unbranched alkanes of at least 4 members (excludes halogenated alkanes) is 37. The van der Waals surface area contributed by atoms with Crippen molar-refractivity contribution in [3.8, 4) is 0 Å². The number of aliphatic hydroxyl groups is 8. The Hall–Kier alpha value is -2.31. The number of ether oxygens (including phenoxy) is 4. The van der Waals surface area contributed by atoms with Crippen LogP contribution in [0, 0.1) is 0 Å². The maximum absolute atomic E-state index is 13.3. The summed E-state index contributed by atoms with van der Waals surface area (Å²) in [4.78, 5) is 13.3. The number of amides is 1. The molecule has 0 radical (unpaired) electrons. The maximum Gasteiger partial charge on any atom is 0.220 e. The number of allylic oxidation sites excluding steroid dienone is 9. The molecule has 12 unspecified atom stereocenters. The van der Waals surface area contributed by atoms with E-state index in [2.05, 4.69) is 67.8 Å². The number of aliphatic hydroxyl groups excluding tert-OH is 8. The van der Waals surface area contributed by atoms with E-state index in [0.717, 1.165) is 83.5 Å². The molecular weight excluding hydrogens is 1090 g/mol. The lowest BCUT2D eigenvalue weighted by atomic mass is 9.97. The van der Waals surface area contributed by atoms with Crippen molar-refractivity contribution in [3.63, 3.8) is 0 Å². The molecule has 14 nitrogen and oxygen atoms in total. The first-order valence-corrected chi connectivity index (χ1v) is 35.5. The summed E-state index contributed by atoms with van der Waals surface area (Å²) in [7, 11) is 0. The molecule has 12 atom stereocenters. The van der Waals surface area contributed by atoms with Crippen LogP contribution in [0.5, 0.6) is 0 Å². The average molecular weight is 1220 g/mol. The molecule has 0 bridgehead atoms. The van der Waals surface area contributed by atoms with Gasteiger partial charge in [0.1, 0.15) is 48.8 Å². The first kappa shape index (κ1) is 79.8. The maximum atomic E-state index is 13.3. The molecule has 0 aromatic rings. The Bertz CT molecular complexity index is 1670. The van der Waals surface area contributed by atoms with Crippen LogP contribution in [0.25, 0.3) is 0 Å². The smallest absolute Gasteiger partial charge is 0.220 e. The molecule has 14 heteroatoms. The van der Waals surface area contributed by atoms with Crippen LogP contribution < -0.4 is 5.32 Å². The van der Waals surface area contributed by atoms with E-state index in [0.29, 0.717) is 6.42 Å². The van der Waals surface area contributed by atoms with Gasteiger partial charge in [-0.15, -0.1) is 0 Å². The highest BCUT2D eigenvalue weighted by Gasteiger charge is 2.51. The fourth-order valence-electron chi connectivity index (χ4n) is 11.6. The number of hydrogen-bond acceptors (Lipinski definition) is 13. The van der Waals surface area contributed by atoms with Crippen LogP contribution in [-0.2, 0) is 23.7 Å². The summed E-state index contributed by atoms with van der Waals surface area (Å²) in [5.41, 5.74) is 0. The SMILES string of the molecule is CC/C=C\C/C=C\C/C=C\C/C=C\CCCCCCCCC(=O)NC(COC1OC(CO)C(OC2OC(CO)C(O)C(O)C2O)C(O)C1O)C(O)/C=C/CCCCCCCCCCCCCCCCCCCCCCCCCCCCCCCCC. The predicted molar refractivity (Wildman–Crippen MR) is 350 cm³/mol. The highest BCUT2D eigenvalue weighted by atomic mass is 16.7. The Balaban J connectivity index is 1.65. The largest absolute Gasteiger partial charge is 0.394 e. The van der Waals surface area contributed by atoms with Crippen molar-refractivity contribution in [1.29, 1.82) is 0 Å². The quantitative estimate of drug-likeness (QED) is 0.0204. The third-order valence-electron chi connectivity index (χ3n) is 17.2. The van der Waals surface area contributed by atoms with E-state index >= 15 is 0 Å². The summed E-state index contributed by atoms with van der Waals surface area (Å²) in [6, 6.07) is -0.927. The van der Waals surface area contributed by atoms with Crippen molar-refractivity contribution in [1.82, 2.24) is 5.32 Å². The monoisotopic (exact) mass is 1220 g/mol. The third-order valence-corrected chi connectivity index (χ3v) is 17.2. The van der Waals surface area contributed by atoms with Crippen molar-refractivity contribution >= 4 is 5.91 Å². The van der Waals surface area contributed by atoms with Gasteiger partial charge in [-0.3, -0.25) is 4.79 Å². The zero-order valence-corrected chi connectivity index (χ0v) is 54.6. The topological polar surface area (TPSA) is 228 Å². The summed E-state index contributed by atoms with van der Waals surface area (Å²) >= 11 is 0. The van der Waals surface area contributed by atoms with Gasteiger partial charge in [-0.1, -0.05) is 293 Å². The van der Waals surface area contributed by atoms with E-state index in [-0.39, 0.29) is 18.9 Å². The minimum atomic E-state index is -1.79. The van der Waals surface area contributed by atoms with Gasteiger partial charge in [0.15, 0.2) is 12.6 Å². The van der Waals surface area contributed by atoms with Crippen molar-refractivity contribution in [2.75, 3.05) is 19.8 Å². The molecule has 86 heavy (non-hydrogen) atoms. The van der Waals surface area contributed by atoms with Crippen LogP contribution >= 0.6 is 0 Å². The second-order valence-electron chi connectivity index (χ2n) is 25.0. The molecule has 0 aromatic carbocycles. The van der Waals surface area contributed by atoms with Gasteiger partial charge < -0.3 is 65.1 Å². The van der Waals surface area contributed by atoms with Gasteiger partial charge in [-0.05, 0) is 57.8 Å². The zero-order chi connectivity index (χ0) is 62.3. The van der Waals surface area contributed by atoms with Gasteiger partial charge in [0.05, 0.1) is 32.0 Å². The number of carbonyl (C=O) groups excluding carboxylic acids is 1. The lowest BCUT2D eigenvalue weighted by Gasteiger charge is -2.46. The van der Waals surface area contributed by atoms with Crippen LogP contribution in [0.4, 0.5) is 0 Å². The standard InChI is InChI=1S/C72H131NO13/c1-3-5-7-9-11-13-15-17-19-21-23-24-25-26-27-28-29-30-31-32-33-34-35-36-38-39-41-43-45-47-49-51-53-55-61(76)60(73-64(77)56-54-52-50-48-46-44-42-40-37-22-20-18-16-14-12-10-8-6-4-2)59-83-71-69(82)67(80)70(63(58-75)85-71)86-72-68(81)66(79)65(78)62(57-74)84-72/h6,8,12,14,18,20,37,40,53,55,60-63,65-72,74-76,78-82H,3-5,7,9-11,13,15-17,19,21-36,38-39,41-52,54,56-59H2,1-2H3,(H,73,77)/b8-6-,14-12-,20-18-,40-37-,55-53+. The van der Waals surface area contributed by atoms with Crippen LogP contribution in [0.15, 0.2) is 60.8 Å². The fourth-order valence-corrected chi connectivity index (χ4v) is 11.6. The number of carbonyl (C=O) groups is 1. The van der Waals surface area contributed by atoms with Crippen LogP contribution in [0.3, 0.4) is 0 Å². The lowest BCUT2D eigenvalue weighted by molar-refractivity contribution is -0.359. The zero-order valence-electron chi connectivity index (χ0n) is 54.6. The molecule has 502 valence electrons. The highest BCUT2D eigenvalue weighted by Crippen LogP contribution is 2.30. The van der Waals surface area contributed by atoms with Gasteiger partial charge in [0.2, 0.25) is 5.91 Å². The molecule has 2 rings (SSSR count). The van der Waals surface area contributed by atoms with Gasteiger partial charge in [0.25, 0.3) is 0 Å². The van der Waals surface area contributed by atoms with Crippen molar-refractivity contribution < 1.29 is 64.6 Å². The lowest BCUT2D eigenvalue weighted by Crippen LogP contribution is -2.65. The Morgan fingerprint density at radius 1 is 0.430 bits per heavy atom. The molecular formula is C72H131NO13. The first-order chi connectivity index (χ1) is 42.1. The summed E-state index contributed by atoms with van der Waals surface area (Å²) in [6.07, 6.45) is 58.6. The predicted octanol–water partition coefficient (Wildman–Crippen LogP) is 14.5. The van der Waals surface area contributed by atoms with Gasteiger partial charge in [-0.2, -0.15) is 0 Å². The molecule has 0 saturated carbocycles. The molecule has 2 heterocycles. The van der Waals surface area contributed by atoms with Crippen LogP contribution in [0.1, 0.15) is 296 Å². The van der Waals surface area contributed by atoms with Gasteiger partial charge in [0, 0.05) is 6.42 Å². The average Bonchev–Trinajstić information content (AvgIpc) is 2.46. The first-order valence-electron chi connectivity index (χ1n) is 35.5. The Labute approximate surface area is 524 Å². The Morgan fingerprint density at radius 2 is 0.802 bits per heavy atom. The van der Waals surface area contributed by atoms with E-state index < -0.39 is 86.8 Å². The van der Waals surface area contributed by atoms with E-state index in [1.54, 1.807) is 6.08 Å². The second-order valence-corrected chi connectivity index (χ2v) is 25.0. The Kier molecular flexibility index (Phi) is 52.6. The molecule has 2 aliphatic heterocycles. The van der Waals surface area contributed by atoms with E-state index in [9.17, 15) is 45.6 Å². The third kappa shape index (κ3) is 40.4. The van der Waals surface area contributed by atoms with Crippen LogP contribution in [-0.4, -0.2) is 140 Å². The Morgan fingerprint density at radius 3 is 1.23 bits per heavy atom. The molecule has 0 spiro atoms. The highest BCUT2D eigenvalue weighted by molar-refractivity contribution is 5.76. The summed E-state index contributed by atoms with van der Waals surface area (Å²) in [5, 5.41) is 87.4. The van der Waals surface area contributed by atoms with Gasteiger partial charge in [-0.25, -0.2) is 0 Å². The minimum Gasteiger partial charge on any atom is -0.394 e. The minimum absolute atomic E-state index is 0.252. The summed E-state index contributed by atoms with van der Waals surface area (Å²) < 4.78 is 22.8. The number of hydrogen-bond donors (Lipinski definition) is 9. The fraction of sp³-hybridized carbons (Fsp3) is 0.847. The molecule has 2 aliphatic rings. The molecule has 2 saturated heterocycles. The van der Waals surface area contributed by atoms with E-state index in [1.165, 1.54) is 186 Å². The van der Waals surface area contributed by atoms with Crippen molar-refractivity contribution in [2.45, 2.75) is 370 Å². The van der Waals surface area contributed by atoms with E-state index in [4.69, 9.17) is 18.9 Å². The molecule has 1 amide bonds. The van der Waals surface area contributed by atoms with Crippen LogP contribution in [0.2, 0.25) is 0 Å².